The molecule has 2 atom stereocenters. The Bertz CT molecular complexity index is 909. The molecule has 1 aliphatic rings. The summed E-state index contributed by atoms with van der Waals surface area (Å²) in [5.41, 5.74) is 3.42. The third-order valence-corrected chi connectivity index (χ3v) is 4.27. The summed E-state index contributed by atoms with van der Waals surface area (Å²) in [6.07, 6.45) is 3.13. The minimum atomic E-state index is -1.50. The van der Waals surface area contributed by atoms with Gasteiger partial charge in [-0.25, -0.2) is 9.97 Å². The molecule has 1 fully saturated rings. The van der Waals surface area contributed by atoms with Crippen molar-refractivity contribution >= 4 is 33.7 Å². The number of aliphatic hydroxyl groups is 3. The molecule has 0 radical (unpaired) electrons. The van der Waals surface area contributed by atoms with Crippen LogP contribution in [0.1, 0.15) is 38.6 Å². The number of aryl methyl sites for hydroxylation is 1. The molecule has 3 aromatic rings. The van der Waals surface area contributed by atoms with Crippen LogP contribution < -0.4 is 0 Å². The Morgan fingerprint density at radius 1 is 1.38 bits per heavy atom. The summed E-state index contributed by atoms with van der Waals surface area (Å²) in [6.45, 7) is 4.61. The molecule has 9 heteroatoms. The Labute approximate surface area is 155 Å². The average molecular weight is 383 g/mol. The summed E-state index contributed by atoms with van der Waals surface area (Å²) >= 11 is 6.29. The maximum absolute atomic E-state index is 9.19. The van der Waals surface area contributed by atoms with Crippen molar-refractivity contribution in [3.8, 4) is 0 Å². The van der Waals surface area contributed by atoms with Crippen molar-refractivity contribution < 1.29 is 20.1 Å². The van der Waals surface area contributed by atoms with Crippen molar-refractivity contribution in [3.05, 3.63) is 23.2 Å². The lowest BCUT2D eigenvalue weighted by atomic mass is 10.2. The van der Waals surface area contributed by atoms with Gasteiger partial charge in [-0.15, -0.1) is 0 Å². The molecular weight excluding hydrogens is 360 g/mol. The average Bonchev–Trinajstić information content (AvgIpc) is 3.21. The molecule has 4 rings (SSSR count). The predicted molar refractivity (Wildman–Crippen MR) is 97.9 cm³/mol. The summed E-state index contributed by atoms with van der Waals surface area (Å²) in [7, 11) is 0. The molecule has 0 saturated carbocycles. The number of nitrogens with zero attached hydrogens (tertiary/aromatic N) is 3. The summed E-state index contributed by atoms with van der Waals surface area (Å²) < 4.78 is 7.70. The van der Waals surface area contributed by atoms with Gasteiger partial charge >= 0.3 is 0 Å². The number of aromatic nitrogens is 4. The zero-order chi connectivity index (χ0) is 19.1. The molecule has 3 aromatic heterocycles. The number of halogens is 1. The Morgan fingerprint density at radius 3 is 2.69 bits per heavy atom. The zero-order valence-electron chi connectivity index (χ0n) is 14.9. The second-order valence-electron chi connectivity index (χ2n) is 6.93. The van der Waals surface area contributed by atoms with Gasteiger partial charge in [0, 0.05) is 11.1 Å². The largest absolute Gasteiger partial charge is 0.394 e. The van der Waals surface area contributed by atoms with Crippen LogP contribution in [0.4, 0.5) is 0 Å². The molecule has 8 nitrogen and oxygen atoms in total. The van der Waals surface area contributed by atoms with Gasteiger partial charge < -0.3 is 25.0 Å². The van der Waals surface area contributed by atoms with Crippen molar-refractivity contribution in [1.82, 2.24) is 19.5 Å². The van der Waals surface area contributed by atoms with Gasteiger partial charge in [-0.1, -0.05) is 11.6 Å². The van der Waals surface area contributed by atoms with Crippen molar-refractivity contribution in [1.29, 1.82) is 0 Å². The van der Waals surface area contributed by atoms with Crippen LogP contribution in [0, 0.1) is 6.92 Å². The maximum atomic E-state index is 9.19. The fourth-order valence-electron chi connectivity index (χ4n) is 2.97. The standard InChI is InChI=1S/C14H15ClN4O2.C3H8O2/c1-7-4-9-11(17-7)12-14(18-13(9)15)19(6-16-12)10-3-2-8(5-20)21-10;1-3(2,4)5/h4,6,8,10,17,20H,2-3,5H2,1H3;4-5H,1-2H3. The number of aliphatic hydroxyl groups excluding tert-OH is 1. The molecule has 0 bridgehead atoms. The SMILES string of the molecule is CC(C)(O)O.Cc1cc2c(Cl)nc3c(ncn3C3CCC(CO)O3)c2[nH]1. The lowest BCUT2D eigenvalue weighted by Gasteiger charge is -2.13. The van der Waals surface area contributed by atoms with Gasteiger partial charge in [-0.3, -0.25) is 4.57 Å². The number of H-pyrrole nitrogens is 1. The molecule has 142 valence electrons. The summed E-state index contributed by atoms with van der Waals surface area (Å²) in [5.74, 6) is -1.50. The van der Waals surface area contributed by atoms with E-state index in [-0.39, 0.29) is 18.9 Å². The first-order chi connectivity index (χ1) is 12.2. The first-order valence-electron chi connectivity index (χ1n) is 8.39. The third kappa shape index (κ3) is 3.99. The maximum Gasteiger partial charge on any atom is 0.165 e. The highest BCUT2D eigenvalue weighted by Crippen LogP contribution is 2.33. The smallest absolute Gasteiger partial charge is 0.165 e. The van der Waals surface area contributed by atoms with Crippen LogP contribution >= 0.6 is 11.6 Å². The predicted octanol–water partition coefficient (Wildman–Crippen LogP) is 2.25. The number of fused-ring (bicyclic) bond motifs is 3. The number of rotatable bonds is 2. The lowest BCUT2D eigenvalue weighted by Crippen LogP contribution is -2.15. The van der Waals surface area contributed by atoms with E-state index in [1.54, 1.807) is 6.33 Å². The summed E-state index contributed by atoms with van der Waals surface area (Å²) in [6, 6.07) is 1.97. The first-order valence-corrected chi connectivity index (χ1v) is 8.77. The van der Waals surface area contributed by atoms with Crippen LogP contribution in [0.15, 0.2) is 12.4 Å². The zero-order valence-corrected chi connectivity index (χ0v) is 15.7. The number of nitrogens with one attached hydrogen (secondary N) is 1. The highest BCUT2D eigenvalue weighted by Gasteiger charge is 2.28. The van der Waals surface area contributed by atoms with E-state index in [1.807, 2.05) is 17.6 Å². The number of ether oxygens (including phenoxy) is 1. The van der Waals surface area contributed by atoms with Crippen molar-refractivity contribution in [3.63, 3.8) is 0 Å². The number of hydrogen-bond acceptors (Lipinski definition) is 6. The highest BCUT2D eigenvalue weighted by atomic mass is 35.5. The number of aromatic amines is 1. The lowest BCUT2D eigenvalue weighted by molar-refractivity contribution is -0.127. The molecule has 0 aliphatic carbocycles. The van der Waals surface area contributed by atoms with Gasteiger partial charge in [0.15, 0.2) is 11.4 Å². The van der Waals surface area contributed by atoms with Gasteiger partial charge in [0.05, 0.1) is 24.6 Å². The van der Waals surface area contributed by atoms with Crippen LogP contribution in [0.25, 0.3) is 22.1 Å². The number of pyridine rings is 1. The monoisotopic (exact) mass is 382 g/mol. The molecule has 0 amide bonds. The number of imidazole rings is 1. The van der Waals surface area contributed by atoms with E-state index in [0.717, 1.165) is 35.0 Å². The second kappa shape index (κ2) is 7.13. The summed E-state index contributed by atoms with van der Waals surface area (Å²) in [4.78, 5) is 12.2. The normalized spacial score (nSPS) is 20.6. The molecule has 4 heterocycles. The molecule has 26 heavy (non-hydrogen) atoms. The van der Waals surface area contributed by atoms with Gasteiger partial charge in [0.1, 0.15) is 16.9 Å². The molecular formula is C17H23ClN4O4. The molecule has 1 saturated heterocycles. The minimum absolute atomic E-state index is 0.0391. The van der Waals surface area contributed by atoms with Gasteiger partial charge in [0.2, 0.25) is 0 Å². The fourth-order valence-corrected chi connectivity index (χ4v) is 3.20. The van der Waals surface area contributed by atoms with Gasteiger partial charge in [-0.2, -0.15) is 0 Å². The van der Waals surface area contributed by atoms with E-state index in [1.165, 1.54) is 13.8 Å². The van der Waals surface area contributed by atoms with Crippen LogP contribution in [0.2, 0.25) is 5.15 Å². The van der Waals surface area contributed by atoms with Crippen LogP contribution in [0.3, 0.4) is 0 Å². The molecule has 1 aliphatic heterocycles. The summed E-state index contributed by atoms with van der Waals surface area (Å²) in [5, 5.41) is 26.7. The fraction of sp³-hybridized carbons (Fsp3) is 0.529. The molecule has 2 unspecified atom stereocenters. The second-order valence-corrected chi connectivity index (χ2v) is 7.29. The van der Waals surface area contributed by atoms with Crippen LogP contribution in [0.5, 0.6) is 0 Å². The van der Waals surface area contributed by atoms with Crippen LogP contribution in [-0.2, 0) is 4.74 Å². The first kappa shape index (κ1) is 19.1. The van der Waals surface area contributed by atoms with E-state index in [4.69, 9.17) is 26.6 Å². The van der Waals surface area contributed by atoms with Crippen molar-refractivity contribution in [2.45, 2.75) is 51.7 Å². The topological polar surface area (TPSA) is 116 Å². The van der Waals surface area contributed by atoms with E-state index in [2.05, 4.69) is 15.0 Å². The van der Waals surface area contributed by atoms with Crippen molar-refractivity contribution in [2.24, 2.45) is 0 Å². The number of hydrogen-bond donors (Lipinski definition) is 4. The molecule has 4 N–H and O–H groups in total. The van der Waals surface area contributed by atoms with E-state index in [9.17, 15) is 5.11 Å². The minimum Gasteiger partial charge on any atom is -0.394 e. The molecule has 0 spiro atoms. The quantitative estimate of drug-likeness (QED) is 0.399. The Balaban J connectivity index is 0.000000349. The van der Waals surface area contributed by atoms with Gasteiger partial charge in [-0.05, 0) is 39.7 Å². The van der Waals surface area contributed by atoms with Gasteiger partial charge in [0.25, 0.3) is 0 Å². The highest BCUT2D eigenvalue weighted by molar-refractivity contribution is 6.35. The Hall–Kier alpha value is -1.71. The Kier molecular flexibility index (Phi) is 5.23. The Morgan fingerprint density at radius 2 is 2.08 bits per heavy atom. The third-order valence-electron chi connectivity index (χ3n) is 3.98. The van der Waals surface area contributed by atoms with Crippen molar-refractivity contribution in [2.75, 3.05) is 6.61 Å². The van der Waals surface area contributed by atoms with Crippen LogP contribution in [-0.4, -0.2) is 53.3 Å². The van der Waals surface area contributed by atoms with E-state index < -0.39 is 5.79 Å². The van der Waals surface area contributed by atoms with E-state index >= 15 is 0 Å². The van der Waals surface area contributed by atoms with E-state index in [0.29, 0.717) is 10.8 Å². The molecule has 0 aromatic carbocycles.